The predicted molar refractivity (Wildman–Crippen MR) is 64.7 cm³/mol. The number of hydrogen-bond donors (Lipinski definition) is 1. The van der Waals surface area contributed by atoms with Crippen LogP contribution in [0.15, 0.2) is 18.2 Å². The molecule has 0 aliphatic rings. The Morgan fingerprint density at radius 1 is 1.59 bits per heavy atom. The number of anilines is 1. The SMILES string of the molecule is COC(=O)CCNc1nc2cc(F)ccc2s1. The number of carbonyl (C=O) groups is 1. The van der Waals surface area contributed by atoms with Crippen molar-refractivity contribution in [1.29, 1.82) is 0 Å². The Morgan fingerprint density at radius 2 is 2.41 bits per heavy atom. The van der Waals surface area contributed by atoms with Crippen LogP contribution in [0.1, 0.15) is 6.42 Å². The first-order chi connectivity index (χ1) is 8.19. The average molecular weight is 254 g/mol. The Balaban J connectivity index is 2.02. The molecule has 0 atom stereocenters. The minimum Gasteiger partial charge on any atom is -0.469 e. The van der Waals surface area contributed by atoms with Gasteiger partial charge in [-0.2, -0.15) is 0 Å². The number of methoxy groups -OCH3 is 1. The van der Waals surface area contributed by atoms with Gasteiger partial charge in [0, 0.05) is 12.6 Å². The number of ether oxygens (including phenoxy) is 1. The van der Waals surface area contributed by atoms with E-state index in [1.807, 2.05) is 0 Å². The van der Waals surface area contributed by atoms with Gasteiger partial charge < -0.3 is 10.1 Å². The molecule has 0 aliphatic carbocycles. The molecule has 17 heavy (non-hydrogen) atoms. The highest BCUT2D eigenvalue weighted by Crippen LogP contribution is 2.26. The lowest BCUT2D eigenvalue weighted by Gasteiger charge is -2.00. The molecule has 0 saturated carbocycles. The van der Waals surface area contributed by atoms with Gasteiger partial charge in [-0.15, -0.1) is 0 Å². The van der Waals surface area contributed by atoms with E-state index in [4.69, 9.17) is 0 Å². The third-order valence-corrected chi connectivity index (χ3v) is 3.18. The van der Waals surface area contributed by atoms with Crippen molar-refractivity contribution in [1.82, 2.24) is 4.98 Å². The Bertz CT molecular complexity index is 541. The lowest BCUT2D eigenvalue weighted by atomic mass is 10.3. The van der Waals surface area contributed by atoms with Gasteiger partial charge >= 0.3 is 5.97 Å². The summed E-state index contributed by atoms with van der Waals surface area (Å²) in [4.78, 5) is 15.1. The average Bonchev–Trinajstić information content (AvgIpc) is 2.70. The predicted octanol–water partition coefficient (Wildman–Crippen LogP) is 2.41. The second-order valence-electron chi connectivity index (χ2n) is 3.38. The molecule has 0 saturated heterocycles. The van der Waals surface area contributed by atoms with Crippen LogP contribution in [0, 0.1) is 5.82 Å². The fourth-order valence-electron chi connectivity index (χ4n) is 1.35. The second kappa shape index (κ2) is 5.09. The molecule has 0 aliphatic heterocycles. The molecule has 90 valence electrons. The second-order valence-corrected chi connectivity index (χ2v) is 4.41. The number of nitrogens with zero attached hydrogens (tertiary/aromatic N) is 1. The monoisotopic (exact) mass is 254 g/mol. The molecule has 0 amide bonds. The zero-order valence-electron chi connectivity index (χ0n) is 9.20. The normalized spacial score (nSPS) is 10.5. The Kier molecular flexibility index (Phi) is 3.53. The Labute approximate surface area is 101 Å². The summed E-state index contributed by atoms with van der Waals surface area (Å²) < 4.78 is 18.4. The van der Waals surface area contributed by atoms with E-state index >= 15 is 0 Å². The number of benzene rings is 1. The minimum atomic E-state index is -0.302. The quantitative estimate of drug-likeness (QED) is 0.851. The van der Waals surface area contributed by atoms with E-state index < -0.39 is 0 Å². The number of fused-ring (bicyclic) bond motifs is 1. The third-order valence-electron chi connectivity index (χ3n) is 2.18. The number of esters is 1. The van der Waals surface area contributed by atoms with Crippen LogP contribution in [0.2, 0.25) is 0 Å². The van der Waals surface area contributed by atoms with E-state index in [-0.39, 0.29) is 18.2 Å². The maximum absolute atomic E-state index is 12.9. The number of rotatable bonds is 4. The highest BCUT2D eigenvalue weighted by atomic mass is 32.1. The lowest BCUT2D eigenvalue weighted by molar-refractivity contribution is -0.140. The molecule has 0 spiro atoms. The van der Waals surface area contributed by atoms with Crippen molar-refractivity contribution in [3.8, 4) is 0 Å². The van der Waals surface area contributed by atoms with Gasteiger partial charge in [0.05, 0.1) is 23.7 Å². The van der Waals surface area contributed by atoms with Crippen LogP contribution in [-0.4, -0.2) is 24.6 Å². The first-order valence-electron chi connectivity index (χ1n) is 5.06. The fourth-order valence-corrected chi connectivity index (χ4v) is 2.22. The molecule has 1 aromatic heterocycles. The van der Waals surface area contributed by atoms with Gasteiger partial charge in [0.1, 0.15) is 5.82 Å². The minimum absolute atomic E-state index is 0.273. The van der Waals surface area contributed by atoms with Gasteiger partial charge in [0.15, 0.2) is 5.13 Å². The number of aromatic nitrogens is 1. The van der Waals surface area contributed by atoms with Crippen molar-refractivity contribution >= 4 is 32.7 Å². The smallest absolute Gasteiger partial charge is 0.307 e. The van der Waals surface area contributed by atoms with Gasteiger partial charge in [-0.1, -0.05) is 11.3 Å². The Morgan fingerprint density at radius 3 is 3.18 bits per heavy atom. The highest BCUT2D eigenvalue weighted by molar-refractivity contribution is 7.22. The van der Waals surface area contributed by atoms with Crippen LogP contribution in [0.3, 0.4) is 0 Å². The number of thiazole rings is 1. The molecule has 0 bridgehead atoms. The van der Waals surface area contributed by atoms with Gasteiger partial charge in [0.25, 0.3) is 0 Å². The van der Waals surface area contributed by atoms with Crippen LogP contribution in [0.4, 0.5) is 9.52 Å². The highest BCUT2D eigenvalue weighted by Gasteiger charge is 2.05. The maximum atomic E-state index is 12.9. The van der Waals surface area contributed by atoms with Crippen LogP contribution >= 0.6 is 11.3 Å². The van der Waals surface area contributed by atoms with Crippen molar-refractivity contribution in [2.24, 2.45) is 0 Å². The van der Waals surface area contributed by atoms with Crippen molar-refractivity contribution in [2.75, 3.05) is 19.0 Å². The molecule has 2 rings (SSSR count). The van der Waals surface area contributed by atoms with Crippen LogP contribution in [0.5, 0.6) is 0 Å². The first kappa shape index (κ1) is 11.8. The van der Waals surface area contributed by atoms with E-state index in [0.29, 0.717) is 17.2 Å². The van der Waals surface area contributed by atoms with E-state index in [1.54, 1.807) is 6.07 Å². The molecule has 1 aromatic carbocycles. The summed E-state index contributed by atoms with van der Waals surface area (Å²) in [7, 11) is 1.35. The molecule has 4 nitrogen and oxygen atoms in total. The molecular formula is C11H11FN2O2S. The van der Waals surface area contributed by atoms with Gasteiger partial charge in [-0.05, 0) is 12.1 Å². The molecule has 0 fully saturated rings. The summed E-state index contributed by atoms with van der Waals surface area (Å²) in [6.07, 6.45) is 0.279. The van der Waals surface area contributed by atoms with Crippen LogP contribution in [0.25, 0.3) is 10.2 Å². The summed E-state index contributed by atoms with van der Waals surface area (Å²) in [5, 5.41) is 3.68. The summed E-state index contributed by atoms with van der Waals surface area (Å²) in [5.41, 5.74) is 0.621. The number of hydrogen-bond acceptors (Lipinski definition) is 5. The summed E-state index contributed by atoms with van der Waals surface area (Å²) in [6.45, 7) is 0.453. The summed E-state index contributed by atoms with van der Waals surface area (Å²) in [5.74, 6) is -0.575. The van der Waals surface area contributed by atoms with Crippen molar-refractivity contribution < 1.29 is 13.9 Å². The molecular weight excluding hydrogens is 243 g/mol. The molecule has 2 aromatic rings. The van der Waals surface area contributed by atoms with E-state index in [2.05, 4.69) is 15.0 Å². The molecule has 0 unspecified atom stereocenters. The number of halogens is 1. The first-order valence-corrected chi connectivity index (χ1v) is 5.87. The van der Waals surface area contributed by atoms with E-state index in [1.165, 1.54) is 30.6 Å². The number of carbonyl (C=O) groups excluding carboxylic acids is 1. The molecule has 1 N–H and O–H groups in total. The zero-order chi connectivity index (χ0) is 12.3. The van der Waals surface area contributed by atoms with E-state index in [9.17, 15) is 9.18 Å². The summed E-state index contributed by atoms with van der Waals surface area (Å²) in [6, 6.07) is 4.48. The van der Waals surface area contributed by atoms with Crippen molar-refractivity contribution in [3.05, 3.63) is 24.0 Å². The standard InChI is InChI=1S/C11H11FN2O2S/c1-16-10(15)4-5-13-11-14-8-6-7(12)2-3-9(8)17-11/h2-3,6H,4-5H2,1H3,(H,13,14). The largest absolute Gasteiger partial charge is 0.469 e. The van der Waals surface area contributed by atoms with Crippen molar-refractivity contribution in [3.63, 3.8) is 0 Å². The molecule has 1 heterocycles. The van der Waals surface area contributed by atoms with Gasteiger partial charge in [0.2, 0.25) is 0 Å². The third kappa shape index (κ3) is 2.91. The number of nitrogens with one attached hydrogen (secondary N) is 1. The van der Waals surface area contributed by atoms with Crippen LogP contribution < -0.4 is 5.32 Å². The van der Waals surface area contributed by atoms with Gasteiger partial charge in [-0.25, -0.2) is 9.37 Å². The summed E-state index contributed by atoms with van der Waals surface area (Å²) >= 11 is 1.42. The zero-order valence-corrected chi connectivity index (χ0v) is 10.0. The van der Waals surface area contributed by atoms with Crippen molar-refractivity contribution in [2.45, 2.75) is 6.42 Å². The Hall–Kier alpha value is -1.69. The molecule has 0 radical (unpaired) electrons. The fraction of sp³-hybridized carbons (Fsp3) is 0.273. The van der Waals surface area contributed by atoms with Gasteiger partial charge in [-0.3, -0.25) is 4.79 Å². The topological polar surface area (TPSA) is 51.2 Å². The molecule has 6 heteroatoms. The maximum Gasteiger partial charge on any atom is 0.307 e. The van der Waals surface area contributed by atoms with E-state index in [0.717, 1.165) is 4.70 Å². The lowest BCUT2D eigenvalue weighted by Crippen LogP contribution is -2.09. The van der Waals surface area contributed by atoms with Crippen LogP contribution in [-0.2, 0) is 9.53 Å².